The number of ketones is 1. The summed E-state index contributed by atoms with van der Waals surface area (Å²) >= 11 is 0. The molecule has 0 spiro atoms. The highest BCUT2D eigenvalue weighted by molar-refractivity contribution is 7.80. The van der Waals surface area contributed by atoms with Crippen molar-refractivity contribution >= 4 is 16.2 Å². The van der Waals surface area contributed by atoms with E-state index in [0.29, 0.717) is 5.78 Å². The van der Waals surface area contributed by atoms with Crippen LogP contribution in [-0.4, -0.2) is 45.5 Å². The first-order valence-electron chi connectivity index (χ1n) is 4.75. The fourth-order valence-electron chi connectivity index (χ4n) is 1.24. The fourth-order valence-corrected chi connectivity index (χ4v) is 1.24. The predicted octanol–water partition coefficient (Wildman–Crippen LogP) is -1.65. The van der Waals surface area contributed by atoms with E-state index in [1.165, 1.54) is 6.54 Å². The number of hydrogen-bond donors (Lipinski definition) is 1. The van der Waals surface area contributed by atoms with E-state index in [4.69, 9.17) is 0 Å². The number of carbonyl (C=O) groups excluding carboxylic acids is 1. The third kappa shape index (κ3) is 8.49. The second-order valence-corrected chi connectivity index (χ2v) is 4.37. The van der Waals surface area contributed by atoms with Gasteiger partial charge in [0.25, 0.3) is 0 Å². The molecule has 0 unspecified atom stereocenters. The van der Waals surface area contributed by atoms with Crippen molar-refractivity contribution in [2.75, 3.05) is 26.7 Å². The SMILES string of the molecule is CC[NH+]1CCC(=O)CC1.COS(=O)(=O)[O-]. The van der Waals surface area contributed by atoms with Gasteiger partial charge >= 0.3 is 0 Å². The van der Waals surface area contributed by atoms with Crippen molar-refractivity contribution < 1.29 is 26.8 Å². The van der Waals surface area contributed by atoms with E-state index in [-0.39, 0.29) is 0 Å². The van der Waals surface area contributed by atoms with E-state index < -0.39 is 10.4 Å². The predicted molar refractivity (Wildman–Crippen MR) is 52.2 cm³/mol. The molecule has 1 heterocycles. The van der Waals surface area contributed by atoms with Gasteiger partial charge in [-0.2, -0.15) is 0 Å². The highest BCUT2D eigenvalue weighted by Crippen LogP contribution is 1.88. The lowest BCUT2D eigenvalue weighted by molar-refractivity contribution is -0.899. The van der Waals surface area contributed by atoms with Crippen LogP contribution in [0.25, 0.3) is 0 Å². The Kier molecular flexibility index (Phi) is 6.66. The molecule has 1 rings (SSSR count). The molecule has 0 aromatic heterocycles. The van der Waals surface area contributed by atoms with Crippen molar-refractivity contribution in [3.8, 4) is 0 Å². The molecular formula is C8H17NO5S. The normalized spacial score (nSPS) is 18.2. The van der Waals surface area contributed by atoms with Crippen molar-refractivity contribution in [2.24, 2.45) is 0 Å². The number of Topliss-reactive ketones (excluding diaryl/α,β-unsaturated/α-hetero) is 1. The minimum absolute atomic E-state index is 0.451. The molecule has 1 aliphatic heterocycles. The summed E-state index contributed by atoms with van der Waals surface area (Å²) in [6.07, 6.45) is 1.62. The van der Waals surface area contributed by atoms with Gasteiger partial charge in [0.1, 0.15) is 5.78 Å². The monoisotopic (exact) mass is 239 g/mol. The summed E-state index contributed by atoms with van der Waals surface area (Å²) in [6, 6.07) is 0. The molecule has 7 heteroatoms. The van der Waals surface area contributed by atoms with Gasteiger partial charge in [0.15, 0.2) is 0 Å². The van der Waals surface area contributed by atoms with Crippen molar-refractivity contribution in [3.63, 3.8) is 0 Å². The molecule has 0 bridgehead atoms. The van der Waals surface area contributed by atoms with Crippen molar-refractivity contribution in [3.05, 3.63) is 0 Å². The molecule has 0 saturated carbocycles. The van der Waals surface area contributed by atoms with Crippen LogP contribution < -0.4 is 4.90 Å². The third-order valence-electron chi connectivity index (χ3n) is 2.22. The van der Waals surface area contributed by atoms with Crippen LogP contribution in [0, 0.1) is 0 Å². The lowest BCUT2D eigenvalue weighted by Crippen LogP contribution is -3.12. The van der Waals surface area contributed by atoms with Gasteiger partial charge in [0.05, 0.1) is 39.6 Å². The van der Waals surface area contributed by atoms with Gasteiger partial charge in [-0.3, -0.25) is 8.98 Å². The Morgan fingerprint density at radius 2 is 1.80 bits per heavy atom. The van der Waals surface area contributed by atoms with Gasteiger partial charge in [0.2, 0.25) is 10.4 Å². The lowest BCUT2D eigenvalue weighted by atomic mass is 10.1. The largest absolute Gasteiger partial charge is 0.726 e. The summed E-state index contributed by atoms with van der Waals surface area (Å²) < 4.78 is 31.0. The molecule has 0 aromatic carbocycles. The number of quaternary nitrogens is 1. The van der Waals surface area contributed by atoms with Crippen LogP contribution in [0.2, 0.25) is 0 Å². The van der Waals surface area contributed by atoms with Crippen LogP contribution >= 0.6 is 0 Å². The fraction of sp³-hybridized carbons (Fsp3) is 0.875. The molecule has 1 aliphatic rings. The van der Waals surface area contributed by atoms with Crippen molar-refractivity contribution in [1.82, 2.24) is 0 Å². The zero-order valence-electron chi connectivity index (χ0n) is 8.99. The quantitative estimate of drug-likeness (QED) is 0.460. The molecule has 1 saturated heterocycles. The first-order chi connectivity index (χ1) is 6.89. The van der Waals surface area contributed by atoms with E-state index in [1.807, 2.05) is 0 Å². The van der Waals surface area contributed by atoms with E-state index >= 15 is 0 Å². The summed E-state index contributed by atoms with van der Waals surface area (Å²) in [5, 5.41) is 0. The molecule has 0 radical (unpaired) electrons. The minimum atomic E-state index is -4.41. The molecule has 6 nitrogen and oxygen atoms in total. The maximum Gasteiger partial charge on any atom is 0.217 e. The van der Waals surface area contributed by atoms with E-state index in [0.717, 1.165) is 33.0 Å². The summed E-state index contributed by atoms with van der Waals surface area (Å²) in [7, 11) is -3.60. The van der Waals surface area contributed by atoms with Crippen LogP contribution in [-0.2, 0) is 19.4 Å². The van der Waals surface area contributed by atoms with Gasteiger partial charge in [-0.25, -0.2) is 8.42 Å². The number of rotatable bonds is 2. The molecule has 0 aliphatic carbocycles. The summed E-state index contributed by atoms with van der Waals surface area (Å²) in [4.78, 5) is 12.3. The van der Waals surface area contributed by atoms with Crippen LogP contribution in [0.5, 0.6) is 0 Å². The Hall–Kier alpha value is -0.500. The Bertz CT molecular complexity index is 277. The van der Waals surface area contributed by atoms with Crippen LogP contribution in [0.1, 0.15) is 19.8 Å². The molecule has 1 N–H and O–H groups in total. The summed E-state index contributed by atoms with van der Waals surface area (Å²) in [5.41, 5.74) is 0. The van der Waals surface area contributed by atoms with Gasteiger partial charge < -0.3 is 9.45 Å². The topological polar surface area (TPSA) is 87.9 Å². The number of likely N-dealkylation sites (tertiary alicyclic amines) is 1. The maximum absolute atomic E-state index is 10.7. The standard InChI is InChI=1S/C7H13NO.CH4O4S/c1-2-8-5-3-7(9)4-6-8;1-5-6(2,3)4/h2-6H2,1H3;1H3,(H,2,3,4). The lowest BCUT2D eigenvalue weighted by Gasteiger charge is -2.20. The molecule has 90 valence electrons. The molecule has 1 fully saturated rings. The van der Waals surface area contributed by atoms with E-state index in [9.17, 15) is 17.8 Å². The van der Waals surface area contributed by atoms with E-state index in [1.54, 1.807) is 4.90 Å². The highest BCUT2D eigenvalue weighted by Gasteiger charge is 2.16. The zero-order valence-corrected chi connectivity index (χ0v) is 9.80. The first-order valence-corrected chi connectivity index (χ1v) is 6.09. The summed E-state index contributed by atoms with van der Waals surface area (Å²) in [5.74, 6) is 0.451. The van der Waals surface area contributed by atoms with Crippen LogP contribution in [0.15, 0.2) is 0 Å². The van der Waals surface area contributed by atoms with Crippen LogP contribution in [0.3, 0.4) is 0 Å². The highest BCUT2D eigenvalue weighted by atomic mass is 32.3. The van der Waals surface area contributed by atoms with E-state index in [2.05, 4.69) is 11.1 Å². The molecule has 15 heavy (non-hydrogen) atoms. The Labute approximate surface area is 90.2 Å². The Balaban J connectivity index is 0.000000288. The average Bonchev–Trinajstić information content (AvgIpc) is 2.19. The Morgan fingerprint density at radius 1 is 1.40 bits per heavy atom. The summed E-state index contributed by atoms with van der Waals surface area (Å²) in [6.45, 7) is 5.48. The number of carbonyl (C=O) groups is 1. The van der Waals surface area contributed by atoms with Gasteiger partial charge in [-0.05, 0) is 6.92 Å². The van der Waals surface area contributed by atoms with Gasteiger partial charge in [0, 0.05) is 0 Å². The van der Waals surface area contributed by atoms with Gasteiger partial charge in [-0.15, -0.1) is 0 Å². The third-order valence-corrected chi connectivity index (χ3v) is 2.63. The maximum atomic E-state index is 10.7. The first kappa shape index (κ1) is 14.5. The van der Waals surface area contributed by atoms with Crippen molar-refractivity contribution in [1.29, 1.82) is 0 Å². The zero-order chi connectivity index (χ0) is 11.9. The molecule has 0 amide bonds. The average molecular weight is 239 g/mol. The molecular weight excluding hydrogens is 222 g/mol. The number of nitrogens with one attached hydrogen (secondary N) is 1. The van der Waals surface area contributed by atoms with Gasteiger partial charge in [-0.1, -0.05) is 0 Å². The van der Waals surface area contributed by atoms with Crippen molar-refractivity contribution in [2.45, 2.75) is 19.8 Å². The smallest absolute Gasteiger partial charge is 0.217 e. The molecule has 0 aromatic rings. The molecule has 0 atom stereocenters. The van der Waals surface area contributed by atoms with Crippen LogP contribution in [0.4, 0.5) is 0 Å². The minimum Gasteiger partial charge on any atom is -0.726 e. The second kappa shape index (κ2) is 6.89. The number of piperidine rings is 1. The Morgan fingerprint density at radius 3 is 2.07 bits per heavy atom. The number of hydrogen-bond acceptors (Lipinski definition) is 5. The second-order valence-electron chi connectivity index (χ2n) is 3.22.